The number of rotatable bonds is 8. The van der Waals surface area contributed by atoms with Crippen molar-refractivity contribution >= 4 is 17.6 Å². The summed E-state index contributed by atoms with van der Waals surface area (Å²) in [7, 11) is 0. The van der Waals surface area contributed by atoms with Crippen molar-refractivity contribution in [1.82, 2.24) is 5.16 Å². The Balaban J connectivity index is 1.55. The van der Waals surface area contributed by atoms with Crippen molar-refractivity contribution in [3.63, 3.8) is 0 Å². The quantitative estimate of drug-likeness (QED) is 0.521. The molecular formula is C24H26N2O5. The number of anilines is 1. The Morgan fingerprint density at radius 3 is 2.35 bits per heavy atom. The molecule has 3 rings (SSSR count). The van der Waals surface area contributed by atoms with Gasteiger partial charge < -0.3 is 19.3 Å². The number of benzene rings is 2. The number of ether oxygens (including phenoxy) is 2. The molecule has 0 aliphatic carbocycles. The van der Waals surface area contributed by atoms with Crippen LogP contribution in [0.25, 0.3) is 0 Å². The Hall–Kier alpha value is -3.61. The van der Waals surface area contributed by atoms with Crippen molar-refractivity contribution in [2.75, 3.05) is 5.32 Å². The number of hydrogen-bond acceptors (Lipinski definition) is 6. The zero-order chi connectivity index (χ0) is 22.4. The van der Waals surface area contributed by atoms with Crippen LogP contribution in [0.15, 0.2) is 59.1 Å². The number of nitrogens with zero attached hydrogens (tertiary/aromatic N) is 1. The first-order valence-corrected chi connectivity index (χ1v) is 10.1. The van der Waals surface area contributed by atoms with Crippen molar-refractivity contribution in [1.29, 1.82) is 0 Å². The average Bonchev–Trinajstić information content (AvgIpc) is 3.15. The summed E-state index contributed by atoms with van der Waals surface area (Å²) in [4.78, 5) is 25.0. The Bertz CT molecular complexity index is 1030. The summed E-state index contributed by atoms with van der Waals surface area (Å²) in [6.45, 7) is 7.42. The number of carbonyl (C=O) groups is 2. The van der Waals surface area contributed by atoms with Gasteiger partial charge in [-0.1, -0.05) is 49.3 Å². The molecule has 1 aromatic heterocycles. The van der Waals surface area contributed by atoms with Gasteiger partial charge in [-0.25, -0.2) is 4.79 Å². The monoisotopic (exact) mass is 422 g/mol. The molecule has 1 amide bonds. The third-order valence-electron chi connectivity index (χ3n) is 4.64. The Morgan fingerprint density at radius 1 is 1.03 bits per heavy atom. The number of aromatic nitrogens is 1. The van der Waals surface area contributed by atoms with Crippen LogP contribution < -0.4 is 10.1 Å². The zero-order valence-electron chi connectivity index (χ0n) is 18.0. The highest BCUT2D eigenvalue weighted by molar-refractivity contribution is 5.98. The third-order valence-corrected chi connectivity index (χ3v) is 4.64. The van der Waals surface area contributed by atoms with Gasteiger partial charge in [-0.2, -0.15) is 0 Å². The second-order valence-electron chi connectivity index (χ2n) is 7.50. The van der Waals surface area contributed by atoms with E-state index in [1.54, 1.807) is 31.2 Å². The van der Waals surface area contributed by atoms with E-state index in [2.05, 4.69) is 10.5 Å². The van der Waals surface area contributed by atoms with E-state index in [1.807, 2.05) is 44.2 Å². The van der Waals surface area contributed by atoms with E-state index >= 15 is 0 Å². The lowest BCUT2D eigenvalue weighted by Crippen LogP contribution is -2.30. The number of nitrogens with one attached hydrogen (secondary N) is 1. The van der Waals surface area contributed by atoms with E-state index in [4.69, 9.17) is 14.0 Å². The number of hydrogen-bond donors (Lipinski definition) is 1. The number of aryl methyl sites for hydroxylation is 1. The lowest BCUT2D eigenvalue weighted by Gasteiger charge is -2.14. The Kier molecular flexibility index (Phi) is 7.07. The van der Waals surface area contributed by atoms with E-state index < -0.39 is 18.0 Å². The van der Waals surface area contributed by atoms with Gasteiger partial charge in [-0.05, 0) is 43.7 Å². The van der Waals surface area contributed by atoms with E-state index in [-0.39, 0.29) is 11.5 Å². The van der Waals surface area contributed by atoms with Gasteiger partial charge in [0.2, 0.25) is 0 Å². The predicted molar refractivity (Wildman–Crippen MR) is 116 cm³/mol. The molecule has 0 spiro atoms. The molecule has 7 heteroatoms. The van der Waals surface area contributed by atoms with Crippen molar-refractivity contribution < 1.29 is 23.6 Å². The van der Waals surface area contributed by atoms with Crippen LogP contribution in [0, 0.1) is 6.92 Å². The SMILES string of the molecule is Cc1noc(C(C)C)c1C(=O)O[C@@H](C)C(=O)Nc1ccc(OCc2ccccc2)cc1. The maximum absolute atomic E-state index is 12.5. The molecule has 0 aliphatic rings. The van der Waals surface area contributed by atoms with Crippen LogP contribution in [0.2, 0.25) is 0 Å². The van der Waals surface area contributed by atoms with Gasteiger partial charge >= 0.3 is 5.97 Å². The molecule has 0 aliphatic heterocycles. The second kappa shape index (κ2) is 9.93. The highest BCUT2D eigenvalue weighted by Crippen LogP contribution is 2.23. The fourth-order valence-electron chi connectivity index (χ4n) is 2.92. The third kappa shape index (κ3) is 5.72. The molecule has 1 heterocycles. The Morgan fingerprint density at radius 2 is 1.71 bits per heavy atom. The molecule has 0 saturated carbocycles. The molecular weight excluding hydrogens is 396 g/mol. The number of esters is 1. The van der Waals surface area contributed by atoms with Crippen molar-refractivity contribution in [2.45, 2.75) is 46.3 Å². The minimum absolute atomic E-state index is 0.0319. The first kappa shape index (κ1) is 22.1. The van der Waals surface area contributed by atoms with Crippen LogP contribution in [0.3, 0.4) is 0 Å². The molecule has 0 unspecified atom stereocenters. The first-order chi connectivity index (χ1) is 14.8. The molecule has 7 nitrogen and oxygen atoms in total. The molecule has 3 aromatic rings. The molecule has 1 N–H and O–H groups in total. The van der Waals surface area contributed by atoms with E-state index in [9.17, 15) is 9.59 Å². The van der Waals surface area contributed by atoms with Crippen LogP contribution in [0.4, 0.5) is 5.69 Å². The summed E-state index contributed by atoms with van der Waals surface area (Å²) in [5.41, 5.74) is 2.35. The number of amides is 1. The summed E-state index contributed by atoms with van der Waals surface area (Å²) in [5, 5.41) is 6.57. The van der Waals surface area contributed by atoms with E-state index in [1.165, 1.54) is 6.92 Å². The molecule has 0 fully saturated rings. The second-order valence-corrected chi connectivity index (χ2v) is 7.50. The molecule has 0 bridgehead atoms. The summed E-state index contributed by atoms with van der Waals surface area (Å²) >= 11 is 0. The molecule has 162 valence electrons. The van der Waals surface area contributed by atoms with Gasteiger partial charge in [-0.15, -0.1) is 0 Å². The maximum atomic E-state index is 12.5. The van der Waals surface area contributed by atoms with Gasteiger partial charge in [0.1, 0.15) is 17.9 Å². The highest BCUT2D eigenvalue weighted by atomic mass is 16.5. The summed E-state index contributed by atoms with van der Waals surface area (Å²) in [5.74, 6) is 0.0310. The normalized spacial score (nSPS) is 11.8. The van der Waals surface area contributed by atoms with Crippen molar-refractivity contribution in [3.8, 4) is 5.75 Å². The van der Waals surface area contributed by atoms with E-state index in [0.29, 0.717) is 29.5 Å². The van der Waals surface area contributed by atoms with E-state index in [0.717, 1.165) is 5.56 Å². The molecule has 2 aromatic carbocycles. The van der Waals surface area contributed by atoms with Crippen LogP contribution >= 0.6 is 0 Å². The van der Waals surface area contributed by atoms with Gasteiger partial charge in [-0.3, -0.25) is 4.79 Å². The van der Waals surface area contributed by atoms with Crippen molar-refractivity contribution in [2.24, 2.45) is 0 Å². The average molecular weight is 422 g/mol. The lowest BCUT2D eigenvalue weighted by atomic mass is 10.1. The van der Waals surface area contributed by atoms with Gasteiger partial charge in [0, 0.05) is 11.6 Å². The van der Waals surface area contributed by atoms with Crippen LogP contribution in [0.1, 0.15) is 54.1 Å². The van der Waals surface area contributed by atoms with Gasteiger partial charge in [0.05, 0.1) is 5.69 Å². The maximum Gasteiger partial charge on any atom is 0.344 e. The first-order valence-electron chi connectivity index (χ1n) is 10.1. The van der Waals surface area contributed by atoms with Gasteiger partial charge in [0.15, 0.2) is 11.9 Å². The standard InChI is InChI=1S/C24H26N2O5/c1-15(2)22-21(16(3)26-31-22)24(28)30-17(4)23(27)25-19-10-12-20(13-11-19)29-14-18-8-6-5-7-9-18/h5-13,15,17H,14H2,1-4H3,(H,25,27)/t17-/m0/s1. The fraction of sp³-hybridized carbons (Fsp3) is 0.292. The van der Waals surface area contributed by atoms with Crippen LogP contribution in [-0.2, 0) is 16.1 Å². The van der Waals surface area contributed by atoms with Crippen LogP contribution in [0.5, 0.6) is 5.75 Å². The topological polar surface area (TPSA) is 90.7 Å². The fourth-order valence-corrected chi connectivity index (χ4v) is 2.92. The highest BCUT2D eigenvalue weighted by Gasteiger charge is 2.27. The summed E-state index contributed by atoms with van der Waals surface area (Å²) < 4.78 is 16.3. The zero-order valence-corrected chi connectivity index (χ0v) is 18.0. The smallest absolute Gasteiger partial charge is 0.344 e. The largest absolute Gasteiger partial charge is 0.489 e. The minimum atomic E-state index is -0.990. The Labute approximate surface area is 181 Å². The molecule has 0 saturated heterocycles. The number of carbonyl (C=O) groups excluding carboxylic acids is 2. The van der Waals surface area contributed by atoms with Gasteiger partial charge in [0.25, 0.3) is 5.91 Å². The summed E-state index contributed by atoms with van der Waals surface area (Å²) in [6.07, 6.45) is -0.990. The lowest BCUT2D eigenvalue weighted by molar-refractivity contribution is -0.123. The van der Waals surface area contributed by atoms with Crippen molar-refractivity contribution in [3.05, 3.63) is 77.2 Å². The predicted octanol–water partition coefficient (Wildman–Crippen LogP) is 4.87. The summed E-state index contributed by atoms with van der Waals surface area (Å²) in [6, 6.07) is 16.8. The minimum Gasteiger partial charge on any atom is -0.489 e. The molecule has 1 atom stereocenters. The van der Waals surface area contributed by atoms with Crippen LogP contribution in [-0.4, -0.2) is 23.1 Å². The molecule has 0 radical (unpaired) electrons. The molecule has 31 heavy (non-hydrogen) atoms.